The van der Waals surface area contributed by atoms with E-state index in [1.54, 1.807) is 12.1 Å². The van der Waals surface area contributed by atoms with Gasteiger partial charge in [0.25, 0.3) is 11.8 Å². The van der Waals surface area contributed by atoms with Gasteiger partial charge in [0.1, 0.15) is 0 Å². The van der Waals surface area contributed by atoms with Crippen LogP contribution in [0, 0.1) is 17.8 Å². The van der Waals surface area contributed by atoms with Gasteiger partial charge in [-0.2, -0.15) is 0 Å². The maximum absolute atomic E-state index is 12.6. The number of amides is 2. The summed E-state index contributed by atoms with van der Waals surface area (Å²) in [6.45, 7) is 2.23. The molecule has 1 atom stereocenters. The van der Waals surface area contributed by atoms with E-state index < -0.39 is 0 Å². The monoisotopic (exact) mass is 379 g/mol. The molecule has 0 aromatic heterocycles. The number of carbonyl (C=O) groups is 2. The Morgan fingerprint density at radius 3 is 2.66 bits per heavy atom. The molecule has 29 heavy (non-hydrogen) atoms. The Balaban J connectivity index is 1.62. The molecule has 0 fully saturated rings. The van der Waals surface area contributed by atoms with Crippen molar-refractivity contribution < 1.29 is 9.59 Å². The summed E-state index contributed by atoms with van der Waals surface area (Å²) in [5.74, 6) is 6.75. The van der Waals surface area contributed by atoms with Crippen molar-refractivity contribution in [3.63, 3.8) is 0 Å². The molecule has 2 aromatic carbocycles. The topological polar surface area (TPSA) is 37.4 Å². The van der Waals surface area contributed by atoms with Crippen LogP contribution in [0.4, 0.5) is 0 Å². The summed E-state index contributed by atoms with van der Waals surface area (Å²) in [5, 5.41) is 1.59. The van der Waals surface area contributed by atoms with Crippen LogP contribution in [-0.2, 0) is 0 Å². The van der Waals surface area contributed by atoms with Gasteiger partial charge >= 0.3 is 0 Å². The molecule has 142 valence electrons. The molecule has 1 aliphatic heterocycles. The minimum atomic E-state index is -0.258. The normalized spacial score (nSPS) is 20.4. The highest BCUT2D eigenvalue weighted by atomic mass is 16.2. The molecular formula is C26H21NO2. The van der Waals surface area contributed by atoms with E-state index in [2.05, 4.69) is 37.0 Å². The van der Waals surface area contributed by atoms with Gasteiger partial charge in [-0.25, -0.2) is 0 Å². The second kappa shape index (κ2) is 6.60. The first-order valence-corrected chi connectivity index (χ1v) is 10.1. The summed E-state index contributed by atoms with van der Waals surface area (Å²) in [6.07, 6.45) is 9.92. The number of hydrogen-bond donors (Lipinski definition) is 0. The third-order valence-corrected chi connectivity index (χ3v) is 6.07. The first-order valence-electron chi connectivity index (χ1n) is 10.1. The van der Waals surface area contributed by atoms with E-state index in [4.69, 9.17) is 0 Å². The van der Waals surface area contributed by atoms with E-state index in [1.165, 1.54) is 23.1 Å². The van der Waals surface area contributed by atoms with Gasteiger partial charge in [-0.1, -0.05) is 49.1 Å². The van der Waals surface area contributed by atoms with Crippen LogP contribution in [0.2, 0.25) is 0 Å². The average molecular weight is 379 g/mol. The number of allylic oxidation sites excluding steroid dienone is 6. The fraction of sp³-hybridized carbons (Fsp3) is 0.231. The largest absolute Gasteiger partial charge is 0.277 e. The molecule has 0 bridgehead atoms. The van der Waals surface area contributed by atoms with Gasteiger partial charge in [0.2, 0.25) is 0 Å². The summed E-state index contributed by atoms with van der Waals surface area (Å²) in [5.41, 5.74) is 5.88. The second-order valence-corrected chi connectivity index (χ2v) is 8.01. The molecular weight excluding hydrogens is 358 g/mol. The van der Waals surface area contributed by atoms with E-state index in [1.807, 2.05) is 18.2 Å². The maximum atomic E-state index is 12.6. The maximum Gasteiger partial charge on any atom is 0.261 e. The van der Waals surface area contributed by atoms with Gasteiger partial charge in [0.05, 0.1) is 0 Å². The van der Waals surface area contributed by atoms with E-state index >= 15 is 0 Å². The second-order valence-electron chi connectivity index (χ2n) is 8.01. The van der Waals surface area contributed by atoms with E-state index in [-0.39, 0.29) is 11.8 Å². The molecule has 3 heteroatoms. The Kier molecular flexibility index (Phi) is 4.03. The number of carbonyl (C=O) groups excluding carboxylic acids is 2. The van der Waals surface area contributed by atoms with Crippen LogP contribution >= 0.6 is 0 Å². The first-order chi connectivity index (χ1) is 14.0. The number of nitrogens with zero attached hydrogens (tertiary/aromatic N) is 1. The van der Waals surface area contributed by atoms with Crippen LogP contribution in [0.5, 0.6) is 0 Å². The first kappa shape index (κ1) is 17.7. The van der Waals surface area contributed by atoms with Crippen LogP contribution in [0.1, 0.15) is 52.5 Å². The molecule has 3 nitrogen and oxygen atoms in total. The van der Waals surface area contributed by atoms with Crippen molar-refractivity contribution in [3.05, 3.63) is 82.0 Å². The minimum Gasteiger partial charge on any atom is -0.277 e. The summed E-state index contributed by atoms with van der Waals surface area (Å²) in [7, 11) is 1.53. The Bertz CT molecular complexity index is 1220. The Labute approximate surface area is 170 Å². The van der Waals surface area contributed by atoms with Crippen molar-refractivity contribution in [2.75, 3.05) is 7.05 Å². The molecule has 1 heterocycles. The van der Waals surface area contributed by atoms with Crippen molar-refractivity contribution >= 4 is 22.6 Å². The van der Waals surface area contributed by atoms with Crippen LogP contribution in [0.3, 0.4) is 0 Å². The SMILES string of the molecule is CC1C=CC2=C(C1)C(C#Cc1ccc3c4c(cccc14)C(=O)N(C)C3=O)=CCC2. The van der Waals surface area contributed by atoms with Crippen LogP contribution in [0.25, 0.3) is 10.8 Å². The molecule has 1 unspecified atom stereocenters. The molecule has 0 radical (unpaired) electrons. The Hall–Kier alpha value is -3.38. The predicted molar refractivity (Wildman–Crippen MR) is 115 cm³/mol. The standard InChI is InChI=1S/C26H21NO2/c1-16-9-10-17-5-3-6-18(23(17)15-16)11-12-19-13-14-22-24-20(19)7-4-8-21(24)25(28)27(2)26(22)29/h4,6-10,13-14,16H,3,5,15H2,1-2H3. The van der Waals surface area contributed by atoms with Gasteiger partial charge in [0, 0.05) is 34.7 Å². The van der Waals surface area contributed by atoms with Gasteiger partial charge in [0.15, 0.2) is 0 Å². The molecule has 3 aliphatic rings. The molecule has 0 saturated heterocycles. The fourth-order valence-corrected chi connectivity index (χ4v) is 4.50. The van der Waals surface area contributed by atoms with Crippen molar-refractivity contribution in [2.45, 2.75) is 26.2 Å². The lowest BCUT2D eigenvalue weighted by Crippen LogP contribution is -2.36. The Morgan fingerprint density at radius 2 is 1.83 bits per heavy atom. The fourth-order valence-electron chi connectivity index (χ4n) is 4.50. The van der Waals surface area contributed by atoms with Crippen molar-refractivity contribution in [1.82, 2.24) is 4.90 Å². The van der Waals surface area contributed by atoms with E-state index in [0.717, 1.165) is 41.2 Å². The molecule has 5 rings (SSSR count). The van der Waals surface area contributed by atoms with Gasteiger partial charge < -0.3 is 0 Å². The zero-order chi connectivity index (χ0) is 20.1. The Morgan fingerprint density at radius 1 is 1.03 bits per heavy atom. The molecule has 0 spiro atoms. The van der Waals surface area contributed by atoms with Gasteiger partial charge in [-0.3, -0.25) is 14.5 Å². The smallest absolute Gasteiger partial charge is 0.261 e. The third-order valence-electron chi connectivity index (χ3n) is 6.07. The van der Waals surface area contributed by atoms with Crippen LogP contribution in [0.15, 0.2) is 65.3 Å². The quantitative estimate of drug-likeness (QED) is 0.476. The van der Waals surface area contributed by atoms with Crippen LogP contribution < -0.4 is 0 Å². The zero-order valence-corrected chi connectivity index (χ0v) is 16.6. The summed E-state index contributed by atoms with van der Waals surface area (Å²) in [4.78, 5) is 26.3. The highest BCUT2D eigenvalue weighted by molar-refractivity contribution is 6.25. The molecule has 2 aliphatic carbocycles. The summed E-state index contributed by atoms with van der Waals surface area (Å²) < 4.78 is 0. The number of imide groups is 1. The van der Waals surface area contributed by atoms with Crippen molar-refractivity contribution in [2.24, 2.45) is 5.92 Å². The number of benzene rings is 2. The van der Waals surface area contributed by atoms with Gasteiger partial charge in [-0.05, 0) is 59.9 Å². The lowest BCUT2D eigenvalue weighted by molar-refractivity contribution is 0.0650. The molecule has 0 N–H and O–H groups in total. The average Bonchev–Trinajstić information content (AvgIpc) is 2.74. The minimum absolute atomic E-state index is 0.258. The lowest BCUT2D eigenvalue weighted by atomic mass is 9.81. The highest BCUT2D eigenvalue weighted by Crippen LogP contribution is 2.35. The zero-order valence-electron chi connectivity index (χ0n) is 16.6. The van der Waals surface area contributed by atoms with E-state index in [9.17, 15) is 9.59 Å². The van der Waals surface area contributed by atoms with Crippen molar-refractivity contribution in [3.8, 4) is 11.8 Å². The number of rotatable bonds is 0. The lowest BCUT2D eigenvalue weighted by Gasteiger charge is -2.24. The van der Waals surface area contributed by atoms with Gasteiger partial charge in [-0.15, -0.1) is 0 Å². The summed E-state index contributed by atoms with van der Waals surface area (Å²) in [6, 6.07) is 9.29. The number of hydrogen-bond acceptors (Lipinski definition) is 2. The predicted octanol–water partition coefficient (Wildman–Crippen LogP) is 5.03. The molecule has 2 amide bonds. The van der Waals surface area contributed by atoms with E-state index in [0.29, 0.717) is 17.0 Å². The molecule has 0 saturated carbocycles. The van der Waals surface area contributed by atoms with Crippen LogP contribution in [-0.4, -0.2) is 23.8 Å². The molecule has 2 aromatic rings. The third kappa shape index (κ3) is 2.76. The van der Waals surface area contributed by atoms with Crippen molar-refractivity contribution in [1.29, 1.82) is 0 Å². The summed E-state index contributed by atoms with van der Waals surface area (Å²) >= 11 is 0. The highest BCUT2D eigenvalue weighted by Gasteiger charge is 2.30.